The van der Waals surface area contributed by atoms with E-state index in [1.807, 2.05) is 6.07 Å². The Morgan fingerprint density at radius 2 is 2.06 bits per heavy atom. The molecular formula is C13H17NO2. The maximum Gasteiger partial charge on any atom is 0.231 e. The van der Waals surface area contributed by atoms with Gasteiger partial charge in [0.1, 0.15) is 0 Å². The van der Waals surface area contributed by atoms with Gasteiger partial charge in [-0.3, -0.25) is 0 Å². The summed E-state index contributed by atoms with van der Waals surface area (Å²) < 4.78 is 10.7. The third-order valence-corrected chi connectivity index (χ3v) is 4.06. The smallest absolute Gasteiger partial charge is 0.231 e. The van der Waals surface area contributed by atoms with E-state index in [-0.39, 0.29) is 0 Å². The highest BCUT2D eigenvalue weighted by Crippen LogP contribution is 2.64. The van der Waals surface area contributed by atoms with E-state index in [0.29, 0.717) is 24.0 Å². The summed E-state index contributed by atoms with van der Waals surface area (Å²) in [6.07, 6.45) is 0. The van der Waals surface area contributed by atoms with Gasteiger partial charge in [-0.2, -0.15) is 0 Å². The topological polar surface area (TPSA) is 44.5 Å². The highest BCUT2D eigenvalue weighted by atomic mass is 16.7. The van der Waals surface area contributed by atoms with Crippen LogP contribution >= 0.6 is 0 Å². The zero-order chi connectivity index (χ0) is 11.3. The van der Waals surface area contributed by atoms with Gasteiger partial charge in [0.2, 0.25) is 6.79 Å². The van der Waals surface area contributed by atoms with Crippen LogP contribution in [0.25, 0.3) is 0 Å². The third kappa shape index (κ3) is 1.24. The second-order valence-corrected chi connectivity index (χ2v) is 5.25. The first-order chi connectivity index (χ1) is 7.64. The van der Waals surface area contributed by atoms with Crippen molar-refractivity contribution in [2.75, 3.05) is 13.3 Å². The van der Waals surface area contributed by atoms with Crippen LogP contribution in [0.15, 0.2) is 18.2 Å². The Labute approximate surface area is 95.5 Å². The Morgan fingerprint density at radius 1 is 1.31 bits per heavy atom. The minimum Gasteiger partial charge on any atom is -0.454 e. The van der Waals surface area contributed by atoms with Gasteiger partial charge < -0.3 is 15.2 Å². The van der Waals surface area contributed by atoms with Crippen molar-refractivity contribution in [1.29, 1.82) is 0 Å². The molecule has 86 valence electrons. The largest absolute Gasteiger partial charge is 0.454 e. The molecule has 1 heterocycles. The van der Waals surface area contributed by atoms with E-state index in [1.165, 1.54) is 5.56 Å². The Bertz CT molecular complexity index is 428. The summed E-state index contributed by atoms with van der Waals surface area (Å²) in [5.74, 6) is 2.88. The van der Waals surface area contributed by atoms with Crippen LogP contribution in [-0.4, -0.2) is 13.3 Å². The Hall–Kier alpha value is -1.22. The molecule has 0 saturated heterocycles. The van der Waals surface area contributed by atoms with E-state index in [0.717, 1.165) is 18.0 Å². The van der Waals surface area contributed by atoms with Crippen molar-refractivity contribution in [1.82, 2.24) is 0 Å². The maximum absolute atomic E-state index is 5.79. The van der Waals surface area contributed by atoms with Crippen LogP contribution in [-0.2, 0) is 0 Å². The molecule has 3 rings (SSSR count). The van der Waals surface area contributed by atoms with Crippen LogP contribution in [0, 0.1) is 11.3 Å². The second-order valence-electron chi connectivity index (χ2n) is 5.25. The normalized spacial score (nSPS) is 29.2. The SMILES string of the molecule is CC1(C)[C@@H](CN)[C@@H]1c1ccc2c(c1)OCO2. The molecule has 2 aliphatic rings. The molecule has 1 fully saturated rings. The van der Waals surface area contributed by atoms with Crippen molar-refractivity contribution in [2.45, 2.75) is 19.8 Å². The van der Waals surface area contributed by atoms with Crippen LogP contribution in [0.4, 0.5) is 0 Å². The fourth-order valence-electron chi connectivity index (χ4n) is 2.95. The Balaban J connectivity index is 1.92. The van der Waals surface area contributed by atoms with Crippen molar-refractivity contribution in [3.63, 3.8) is 0 Å². The number of rotatable bonds is 2. The van der Waals surface area contributed by atoms with Gasteiger partial charge in [0.25, 0.3) is 0 Å². The molecule has 1 aromatic rings. The molecule has 0 amide bonds. The quantitative estimate of drug-likeness (QED) is 0.828. The lowest BCUT2D eigenvalue weighted by Crippen LogP contribution is -2.05. The lowest BCUT2D eigenvalue weighted by Gasteiger charge is -2.04. The summed E-state index contributed by atoms with van der Waals surface area (Å²) in [7, 11) is 0. The lowest BCUT2D eigenvalue weighted by atomic mass is 10.0. The molecule has 1 aromatic carbocycles. The lowest BCUT2D eigenvalue weighted by molar-refractivity contribution is 0.174. The van der Waals surface area contributed by atoms with Gasteiger partial charge in [-0.25, -0.2) is 0 Å². The van der Waals surface area contributed by atoms with Crippen LogP contribution < -0.4 is 15.2 Å². The van der Waals surface area contributed by atoms with Crippen LogP contribution in [0.5, 0.6) is 11.5 Å². The first-order valence-corrected chi connectivity index (χ1v) is 5.74. The number of nitrogens with two attached hydrogens (primary N) is 1. The number of benzene rings is 1. The van der Waals surface area contributed by atoms with Gasteiger partial charge >= 0.3 is 0 Å². The van der Waals surface area contributed by atoms with Gasteiger partial charge in [-0.05, 0) is 41.5 Å². The van der Waals surface area contributed by atoms with E-state index < -0.39 is 0 Å². The van der Waals surface area contributed by atoms with Crippen molar-refractivity contribution in [3.05, 3.63) is 23.8 Å². The molecule has 16 heavy (non-hydrogen) atoms. The highest BCUT2D eigenvalue weighted by Gasteiger charge is 2.57. The minimum atomic E-state index is 0.322. The molecular weight excluding hydrogens is 202 g/mol. The molecule has 2 N–H and O–H groups in total. The van der Waals surface area contributed by atoms with Gasteiger partial charge in [0.05, 0.1) is 0 Å². The molecule has 3 heteroatoms. The standard InChI is InChI=1S/C13H17NO2/c1-13(2)9(6-14)12(13)8-3-4-10-11(5-8)16-7-15-10/h3-5,9,12H,6-7,14H2,1-2H3/t9-,12-/m0/s1. The molecule has 0 aromatic heterocycles. The van der Waals surface area contributed by atoms with E-state index in [1.54, 1.807) is 0 Å². The first-order valence-electron chi connectivity index (χ1n) is 5.74. The number of hydrogen-bond donors (Lipinski definition) is 1. The van der Waals surface area contributed by atoms with Crippen molar-refractivity contribution < 1.29 is 9.47 Å². The number of ether oxygens (including phenoxy) is 2. The van der Waals surface area contributed by atoms with Crippen LogP contribution in [0.1, 0.15) is 25.3 Å². The minimum absolute atomic E-state index is 0.322. The van der Waals surface area contributed by atoms with E-state index in [4.69, 9.17) is 15.2 Å². The van der Waals surface area contributed by atoms with Gasteiger partial charge in [0, 0.05) is 0 Å². The molecule has 0 unspecified atom stereocenters. The summed E-state index contributed by atoms with van der Waals surface area (Å²) in [5.41, 5.74) is 7.44. The molecule has 1 saturated carbocycles. The summed E-state index contributed by atoms with van der Waals surface area (Å²) in [5, 5.41) is 0. The summed E-state index contributed by atoms with van der Waals surface area (Å²) in [6.45, 7) is 5.65. The zero-order valence-electron chi connectivity index (χ0n) is 9.69. The fourth-order valence-corrected chi connectivity index (χ4v) is 2.95. The van der Waals surface area contributed by atoms with Crippen LogP contribution in [0.3, 0.4) is 0 Å². The summed E-state index contributed by atoms with van der Waals surface area (Å²) >= 11 is 0. The molecule has 0 bridgehead atoms. The molecule has 0 radical (unpaired) electrons. The molecule has 0 spiro atoms. The first kappa shape index (κ1) is 9.97. The highest BCUT2D eigenvalue weighted by molar-refractivity contribution is 5.47. The number of fused-ring (bicyclic) bond motifs is 1. The molecule has 1 aliphatic heterocycles. The zero-order valence-corrected chi connectivity index (χ0v) is 9.69. The predicted octanol–water partition coefficient (Wildman–Crippen LogP) is 2.11. The number of hydrogen-bond acceptors (Lipinski definition) is 3. The van der Waals surface area contributed by atoms with Crippen molar-refractivity contribution in [2.24, 2.45) is 17.1 Å². The Kier molecular flexibility index (Phi) is 1.96. The van der Waals surface area contributed by atoms with Crippen molar-refractivity contribution in [3.8, 4) is 11.5 Å². The van der Waals surface area contributed by atoms with E-state index in [2.05, 4.69) is 26.0 Å². The fraction of sp³-hybridized carbons (Fsp3) is 0.538. The molecule has 1 aliphatic carbocycles. The average molecular weight is 219 g/mol. The second kappa shape index (κ2) is 3.14. The third-order valence-electron chi connectivity index (χ3n) is 4.06. The van der Waals surface area contributed by atoms with Crippen LogP contribution in [0.2, 0.25) is 0 Å². The summed E-state index contributed by atoms with van der Waals surface area (Å²) in [6, 6.07) is 6.24. The predicted molar refractivity (Wildman–Crippen MR) is 61.6 cm³/mol. The summed E-state index contributed by atoms with van der Waals surface area (Å²) in [4.78, 5) is 0. The molecule has 2 atom stereocenters. The molecule has 3 nitrogen and oxygen atoms in total. The van der Waals surface area contributed by atoms with Crippen molar-refractivity contribution >= 4 is 0 Å². The van der Waals surface area contributed by atoms with Gasteiger partial charge in [0.15, 0.2) is 11.5 Å². The van der Waals surface area contributed by atoms with E-state index in [9.17, 15) is 0 Å². The Morgan fingerprint density at radius 3 is 2.75 bits per heavy atom. The monoisotopic (exact) mass is 219 g/mol. The van der Waals surface area contributed by atoms with E-state index >= 15 is 0 Å². The van der Waals surface area contributed by atoms with Gasteiger partial charge in [-0.1, -0.05) is 19.9 Å². The average Bonchev–Trinajstić information content (AvgIpc) is 2.62. The maximum atomic E-state index is 5.79. The van der Waals surface area contributed by atoms with Gasteiger partial charge in [-0.15, -0.1) is 0 Å².